The van der Waals surface area contributed by atoms with Crippen LogP contribution in [0.3, 0.4) is 0 Å². The first-order valence-electron chi connectivity index (χ1n) is 6.16. The van der Waals surface area contributed by atoms with Gasteiger partial charge in [0, 0.05) is 6.04 Å². The molecule has 1 aliphatic heterocycles. The van der Waals surface area contributed by atoms with E-state index in [1.54, 1.807) is 0 Å². The molecule has 1 aliphatic rings. The van der Waals surface area contributed by atoms with E-state index in [0.29, 0.717) is 5.92 Å². The summed E-state index contributed by atoms with van der Waals surface area (Å²) in [5, 5.41) is 12.7. The second kappa shape index (κ2) is 6.46. The van der Waals surface area contributed by atoms with E-state index in [2.05, 4.69) is 31.1 Å². The molecule has 0 aliphatic carbocycles. The minimum atomic E-state index is 0.254. The molecule has 90 valence electrons. The summed E-state index contributed by atoms with van der Waals surface area (Å²) in [5.74, 6) is 1.32. The van der Waals surface area contributed by atoms with Gasteiger partial charge in [-0.3, -0.25) is 0 Å². The maximum atomic E-state index is 9.20. The summed E-state index contributed by atoms with van der Waals surface area (Å²) in [6, 6.07) is 0.268. The van der Waals surface area contributed by atoms with E-state index in [1.165, 1.54) is 25.9 Å². The van der Waals surface area contributed by atoms with Crippen molar-refractivity contribution in [2.24, 2.45) is 11.8 Å². The summed E-state index contributed by atoms with van der Waals surface area (Å²) >= 11 is 0. The van der Waals surface area contributed by atoms with Crippen molar-refractivity contribution >= 4 is 0 Å². The normalized spacial score (nSPS) is 22.2. The number of nitrogens with zero attached hydrogens (tertiary/aromatic N) is 1. The van der Waals surface area contributed by atoms with Crippen LogP contribution < -0.4 is 5.32 Å². The van der Waals surface area contributed by atoms with E-state index in [1.807, 2.05) is 0 Å². The van der Waals surface area contributed by atoms with Gasteiger partial charge in [-0.1, -0.05) is 13.8 Å². The van der Waals surface area contributed by atoms with Crippen LogP contribution in [0, 0.1) is 11.8 Å². The van der Waals surface area contributed by atoms with E-state index in [9.17, 15) is 5.11 Å². The summed E-state index contributed by atoms with van der Waals surface area (Å²) in [6.07, 6.45) is 2.58. The van der Waals surface area contributed by atoms with Crippen LogP contribution in [-0.4, -0.2) is 49.3 Å². The number of hydrogen-bond donors (Lipinski definition) is 2. The third kappa shape index (κ3) is 4.49. The van der Waals surface area contributed by atoms with Gasteiger partial charge in [-0.05, 0) is 51.4 Å². The zero-order valence-corrected chi connectivity index (χ0v) is 10.4. The Morgan fingerprint density at radius 2 is 1.93 bits per heavy atom. The monoisotopic (exact) mass is 214 g/mol. The zero-order chi connectivity index (χ0) is 11.3. The first kappa shape index (κ1) is 12.9. The molecule has 1 atom stereocenters. The zero-order valence-electron chi connectivity index (χ0n) is 10.4. The minimum Gasteiger partial charge on any atom is -0.395 e. The maximum absolute atomic E-state index is 9.20. The molecule has 0 aromatic rings. The van der Waals surface area contributed by atoms with Crippen molar-refractivity contribution in [3.05, 3.63) is 0 Å². The van der Waals surface area contributed by atoms with Crippen molar-refractivity contribution in [2.45, 2.75) is 32.7 Å². The average Bonchev–Trinajstić information content (AvgIpc) is 2.21. The van der Waals surface area contributed by atoms with Crippen LogP contribution in [0.1, 0.15) is 26.7 Å². The molecule has 3 heteroatoms. The molecule has 0 aromatic heterocycles. The van der Waals surface area contributed by atoms with Crippen LogP contribution in [0.5, 0.6) is 0 Å². The molecular formula is C12H26N2O. The molecule has 1 saturated heterocycles. The lowest BCUT2D eigenvalue weighted by molar-refractivity contribution is 0.181. The molecule has 0 radical (unpaired) electrons. The van der Waals surface area contributed by atoms with Gasteiger partial charge in [-0.2, -0.15) is 0 Å². The Morgan fingerprint density at radius 1 is 1.33 bits per heavy atom. The lowest BCUT2D eigenvalue weighted by Crippen LogP contribution is -2.42. The molecule has 1 rings (SSSR count). The minimum absolute atomic E-state index is 0.254. The van der Waals surface area contributed by atoms with Crippen molar-refractivity contribution < 1.29 is 5.11 Å². The van der Waals surface area contributed by atoms with Crippen molar-refractivity contribution in [1.29, 1.82) is 0 Å². The predicted molar refractivity (Wildman–Crippen MR) is 63.9 cm³/mol. The highest BCUT2D eigenvalue weighted by Crippen LogP contribution is 2.15. The van der Waals surface area contributed by atoms with Gasteiger partial charge in [0.2, 0.25) is 0 Å². The van der Waals surface area contributed by atoms with Crippen LogP contribution >= 0.6 is 0 Å². The Bertz CT molecular complexity index is 165. The smallest absolute Gasteiger partial charge is 0.0587 e. The van der Waals surface area contributed by atoms with Crippen LogP contribution in [0.4, 0.5) is 0 Å². The van der Waals surface area contributed by atoms with Crippen LogP contribution in [0.15, 0.2) is 0 Å². The number of likely N-dealkylation sites (tertiary alicyclic amines) is 1. The summed E-state index contributed by atoms with van der Waals surface area (Å²) < 4.78 is 0. The molecule has 3 nitrogen and oxygen atoms in total. The molecule has 0 bridgehead atoms. The van der Waals surface area contributed by atoms with Gasteiger partial charge in [-0.25, -0.2) is 0 Å². The van der Waals surface area contributed by atoms with Gasteiger partial charge in [0.15, 0.2) is 0 Å². The Balaban J connectivity index is 2.18. The topological polar surface area (TPSA) is 35.5 Å². The molecule has 0 saturated carbocycles. The van der Waals surface area contributed by atoms with E-state index in [-0.39, 0.29) is 12.6 Å². The van der Waals surface area contributed by atoms with Gasteiger partial charge in [-0.15, -0.1) is 0 Å². The third-order valence-electron chi connectivity index (χ3n) is 3.51. The number of rotatable bonds is 5. The van der Waals surface area contributed by atoms with E-state index >= 15 is 0 Å². The molecular weight excluding hydrogens is 188 g/mol. The van der Waals surface area contributed by atoms with Gasteiger partial charge in [0.1, 0.15) is 0 Å². The van der Waals surface area contributed by atoms with E-state index < -0.39 is 0 Å². The number of nitrogens with one attached hydrogen (secondary N) is 1. The summed E-state index contributed by atoms with van der Waals surface area (Å²) in [4.78, 5) is 2.39. The fraction of sp³-hybridized carbons (Fsp3) is 1.00. The Morgan fingerprint density at radius 3 is 2.40 bits per heavy atom. The molecule has 0 aromatic carbocycles. The van der Waals surface area contributed by atoms with Gasteiger partial charge in [0.25, 0.3) is 0 Å². The van der Waals surface area contributed by atoms with Gasteiger partial charge >= 0.3 is 0 Å². The van der Waals surface area contributed by atoms with Crippen molar-refractivity contribution in [3.63, 3.8) is 0 Å². The van der Waals surface area contributed by atoms with Crippen molar-refractivity contribution in [3.8, 4) is 0 Å². The number of piperidine rings is 1. The highest BCUT2D eigenvalue weighted by atomic mass is 16.3. The van der Waals surface area contributed by atoms with E-state index in [0.717, 1.165) is 12.5 Å². The Hall–Kier alpha value is -0.120. The number of aliphatic hydroxyl groups excluding tert-OH is 1. The van der Waals surface area contributed by atoms with Crippen LogP contribution in [-0.2, 0) is 0 Å². The SMILES string of the molecule is CC(C)C(CO)NCC1CCN(C)CC1. The van der Waals surface area contributed by atoms with Crippen LogP contribution in [0.25, 0.3) is 0 Å². The maximum Gasteiger partial charge on any atom is 0.0587 e. The number of aliphatic hydroxyl groups is 1. The summed E-state index contributed by atoms with van der Waals surface area (Å²) in [7, 11) is 2.19. The molecule has 0 amide bonds. The first-order chi connectivity index (χ1) is 7.13. The molecule has 2 N–H and O–H groups in total. The van der Waals surface area contributed by atoms with Crippen LogP contribution in [0.2, 0.25) is 0 Å². The van der Waals surface area contributed by atoms with Gasteiger partial charge in [0.05, 0.1) is 6.61 Å². The third-order valence-corrected chi connectivity index (χ3v) is 3.51. The van der Waals surface area contributed by atoms with Crippen molar-refractivity contribution in [2.75, 3.05) is 33.3 Å². The highest BCUT2D eigenvalue weighted by Gasteiger charge is 2.18. The molecule has 1 unspecified atom stereocenters. The average molecular weight is 214 g/mol. The summed E-state index contributed by atoms with van der Waals surface area (Å²) in [5.41, 5.74) is 0. The predicted octanol–water partition coefficient (Wildman–Crippen LogP) is 0.935. The fourth-order valence-electron chi connectivity index (χ4n) is 2.10. The van der Waals surface area contributed by atoms with Gasteiger partial charge < -0.3 is 15.3 Å². The molecule has 0 spiro atoms. The lowest BCUT2D eigenvalue weighted by atomic mass is 9.96. The summed E-state index contributed by atoms with van der Waals surface area (Å²) in [6.45, 7) is 8.07. The van der Waals surface area contributed by atoms with E-state index in [4.69, 9.17) is 0 Å². The molecule has 1 heterocycles. The lowest BCUT2D eigenvalue weighted by Gasteiger charge is -2.30. The largest absolute Gasteiger partial charge is 0.395 e. The number of hydrogen-bond acceptors (Lipinski definition) is 3. The molecule has 15 heavy (non-hydrogen) atoms. The van der Waals surface area contributed by atoms with Crippen molar-refractivity contribution in [1.82, 2.24) is 10.2 Å². The molecule has 1 fully saturated rings. The fourth-order valence-corrected chi connectivity index (χ4v) is 2.10. The second-order valence-corrected chi connectivity index (χ2v) is 5.19. The Kier molecular flexibility index (Phi) is 5.58. The first-order valence-corrected chi connectivity index (χ1v) is 6.16. The second-order valence-electron chi connectivity index (χ2n) is 5.19. The highest BCUT2D eigenvalue weighted by molar-refractivity contribution is 4.75. The quantitative estimate of drug-likeness (QED) is 0.715. The Labute approximate surface area is 93.9 Å². The standard InChI is InChI=1S/C12H26N2O/c1-10(2)12(9-15)13-8-11-4-6-14(3)7-5-11/h10-13,15H,4-9H2,1-3H3.